The van der Waals surface area contributed by atoms with E-state index in [1.165, 1.54) is 35.9 Å². The fourth-order valence-corrected chi connectivity index (χ4v) is 5.07. The van der Waals surface area contributed by atoms with E-state index in [1.807, 2.05) is 37.3 Å². The van der Waals surface area contributed by atoms with Gasteiger partial charge in [0.05, 0.1) is 10.6 Å². The van der Waals surface area contributed by atoms with Gasteiger partial charge >= 0.3 is 0 Å². The maximum Gasteiger partial charge on any atom is 0.255 e. The molecule has 0 radical (unpaired) electrons. The van der Waals surface area contributed by atoms with Crippen molar-refractivity contribution in [3.05, 3.63) is 95.3 Å². The number of carbonyl (C=O) groups is 1. The quantitative estimate of drug-likeness (QED) is 0.509. The van der Waals surface area contributed by atoms with Crippen molar-refractivity contribution in [2.24, 2.45) is 5.92 Å². The summed E-state index contributed by atoms with van der Waals surface area (Å²) >= 11 is 0. The van der Waals surface area contributed by atoms with E-state index in [2.05, 4.69) is 5.32 Å². The molecule has 0 aliphatic rings. The molecule has 31 heavy (non-hydrogen) atoms. The molecule has 4 nitrogen and oxygen atoms in total. The maximum atomic E-state index is 13.4. The van der Waals surface area contributed by atoms with Gasteiger partial charge in [0.1, 0.15) is 5.82 Å². The summed E-state index contributed by atoms with van der Waals surface area (Å²) in [5.74, 6) is -0.806. The monoisotopic (exact) mass is 439 g/mol. The van der Waals surface area contributed by atoms with E-state index in [0.29, 0.717) is 11.3 Å². The van der Waals surface area contributed by atoms with Crippen LogP contribution in [0.15, 0.2) is 77.7 Å². The van der Waals surface area contributed by atoms with E-state index < -0.39 is 15.7 Å². The summed E-state index contributed by atoms with van der Waals surface area (Å²) in [6, 6.07) is 20.3. The molecular formula is C25H26FNO3S. The zero-order valence-electron chi connectivity index (χ0n) is 17.6. The number of benzene rings is 3. The van der Waals surface area contributed by atoms with Crippen molar-refractivity contribution in [3.8, 4) is 0 Å². The van der Waals surface area contributed by atoms with E-state index >= 15 is 0 Å². The van der Waals surface area contributed by atoms with Gasteiger partial charge in [-0.3, -0.25) is 4.79 Å². The first kappa shape index (κ1) is 22.7. The highest BCUT2D eigenvalue weighted by Crippen LogP contribution is 2.20. The van der Waals surface area contributed by atoms with E-state index in [-0.39, 0.29) is 27.9 Å². The number of halogens is 1. The SMILES string of the molecule is Cc1cc(NC(=O)c2cccc(S(=O)(=O)CC(C)CCc3ccccc3)c2)ccc1F. The summed E-state index contributed by atoms with van der Waals surface area (Å²) in [4.78, 5) is 12.7. The zero-order chi connectivity index (χ0) is 22.4. The number of rotatable bonds is 8. The third-order valence-corrected chi connectivity index (χ3v) is 7.12. The van der Waals surface area contributed by atoms with Gasteiger partial charge in [-0.05, 0) is 73.2 Å². The van der Waals surface area contributed by atoms with Crippen molar-refractivity contribution < 1.29 is 17.6 Å². The lowest BCUT2D eigenvalue weighted by Crippen LogP contribution is -2.17. The standard InChI is InChI=1S/C25H26FNO3S/c1-18(11-12-20-7-4-3-5-8-20)17-31(29,30)23-10-6-9-21(16-23)25(28)27-22-13-14-24(26)19(2)15-22/h3-10,13-16,18H,11-12,17H2,1-2H3,(H,27,28). The van der Waals surface area contributed by atoms with E-state index in [4.69, 9.17) is 0 Å². The lowest BCUT2D eigenvalue weighted by atomic mass is 10.0. The molecule has 0 saturated heterocycles. The Morgan fingerprint density at radius 1 is 1.00 bits per heavy atom. The third kappa shape index (κ3) is 6.25. The van der Waals surface area contributed by atoms with Crippen molar-refractivity contribution in [1.29, 1.82) is 0 Å². The summed E-state index contributed by atoms with van der Waals surface area (Å²) in [7, 11) is -3.53. The fourth-order valence-electron chi connectivity index (χ4n) is 3.37. The smallest absolute Gasteiger partial charge is 0.255 e. The summed E-state index contributed by atoms with van der Waals surface area (Å²) in [5, 5.41) is 2.68. The van der Waals surface area contributed by atoms with Crippen molar-refractivity contribution in [3.63, 3.8) is 0 Å². The first-order chi connectivity index (χ1) is 14.7. The number of aryl methyl sites for hydroxylation is 2. The average Bonchev–Trinajstić information content (AvgIpc) is 2.75. The molecule has 0 fully saturated rings. The molecular weight excluding hydrogens is 413 g/mol. The Hall–Kier alpha value is -2.99. The zero-order valence-corrected chi connectivity index (χ0v) is 18.5. The predicted octanol–water partition coefficient (Wildman–Crippen LogP) is 5.43. The Kier molecular flexibility index (Phi) is 7.23. The normalized spacial score (nSPS) is 12.4. The minimum atomic E-state index is -3.53. The molecule has 0 saturated carbocycles. The first-order valence-electron chi connectivity index (χ1n) is 10.2. The van der Waals surface area contributed by atoms with Crippen molar-refractivity contribution in [2.75, 3.05) is 11.1 Å². The molecule has 1 amide bonds. The Morgan fingerprint density at radius 3 is 2.45 bits per heavy atom. The van der Waals surface area contributed by atoms with Crippen LogP contribution in [0.1, 0.15) is 34.8 Å². The third-order valence-electron chi connectivity index (χ3n) is 5.14. The minimum Gasteiger partial charge on any atom is -0.322 e. The molecule has 1 atom stereocenters. The van der Waals surface area contributed by atoms with Gasteiger partial charge in [0.15, 0.2) is 9.84 Å². The van der Waals surface area contributed by atoms with E-state index in [9.17, 15) is 17.6 Å². The lowest BCUT2D eigenvalue weighted by molar-refractivity contribution is 0.102. The molecule has 0 heterocycles. The van der Waals surface area contributed by atoms with Crippen LogP contribution in [-0.4, -0.2) is 20.1 Å². The number of hydrogen-bond donors (Lipinski definition) is 1. The second-order valence-corrected chi connectivity index (χ2v) is 9.89. The van der Waals surface area contributed by atoms with Crippen LogP contribution in [0, 0.1) is 18.7 Å². The minimum absolute atomic E-state index is 0.0159. The number of hydrogen-bond acceptors (Lipinski definition) is 3. The van der Waals surface area contributed by atoms with Gasteiger partial charge in [-0.1, -0.05) is 43.3 Å². The van der Waals surface area contributed by atoms with Crippen LogP contribution < -0.4 is 5.32 Å². The highest BCUT2D eigenvalue weighted by molar-refractivity contribution is 7.91. The van der Waals surface area contributed by atoms with Crippen LogP contribution in [0.5, 0.6) is 0 Å². The topological polar surface area (TPSA) is 63.2 Å². The molecule has 0 aromatic heterocycles. The highest BCUT2D eigenvalue weighted by atomic mass is 32.2. The van der Waals surface area contributed by atoms with Crippen molar-refractivity contribution >= 4 is 21.4 Å². The van der Waals surface area contributed by atoms with Crippen LogP contribution in [0.2, 0.25) is 0 Å². The van der Waals surface area contributed by atoms with Gasteiger partial charge in [0.25, 0.3) is 5.91 Å². The number of amides is 1. The average molecular weight is 440 g/mol. The molecule has 162 valence electrons. The second-order valence-electron chi connectivity index (χ2n) is 7.86. The fraction of sp³-hybridized carbons (Fsp3) is 0.240. The molecule has 1 N–H and O–H groups in total. The Morgan fingerprint density at radius 2 is 1.74 bits per heavy atom. The molecule has 0 aliphatic heterocycles. The summed E-state index contributed by atoms with van der Waals surface area (Å²) in [5.41, 5.74) is 2.28. The van der Waals surface area contributed by atoms with Gasteiger partial charge in [-0.2, -0.15) is 0 Å². The molecule has 0 aliphatic carbocycles. The summed E-state index contributed by atoms with van der Waals surface area (Å²) < 4.78 is 39.2. The molecule has 3 aromatic rings. The number of anilines is 1. The molecule has 6 heteroatoms. The molecule has 3 aromatic carbocycles. The molecule has 3 rings (SSSR count). The largest absolute Gasteiger partial charge is 0.322 e. The maximum absolute atomic E-state index is 13.4. The van der Waals surface area contributed by atoms with Gasteiger partial charge in [-0.25, -0.2) is 12.8 Å². The number of nitrogens with one attached hydrogen (secondary N) is 1. The lowest BCUT2D eigenvalue weighted by Gasteiger charge is -2.13. The van der Waals surface area contributed by atoms with E-state index in [0.717, 1.165) is 12.8 Å². The van der Waals surface area contributed by atoms with Gasteiger partial charge in [0.2, 0.25) is 0 Å². The van der Waals surface area contributed by atoms with Crippen LogP contribution >= 0.6 is 0 Å². The molecule has 0 spiro atoms. The van der Waals surface area contributed by atoms with Crippen LogP contribution in [-0.2, 0) is 16.3 Å². The van der Waals surface area contributed by atoms with Crippen LogP contribution in [0.3, 0.4) is 0 Å². The van der Waals surface area contributed by atoms with Gasteiger partial charge in [-0.15, -0.1) is 0 Å². The summed E-state index contributed by atoms with van der Waals surface area (Å²) in [6.07, 6.45) is 1.57. The first-order valence-corrected chi connectivity index (χ1v) is 11.8. The predicted molar refractivity (Wildman–Crippen MR) is 122 cm³/mol. The van der Waals surface area contributed by atoms with Crippen LogP contribution in [0.25, 0.3) is 0 Å². The summed E-state index contributed by atoms with van der Waals surface area (Å²) in [6.45, 7) is 3.53. The highest BCUT2D eigenvalue weighted by Gasteiger charge is 2.20. The second kappa shape index (κ2) is 9.88. The number of carbonyl (C=O) groups excluding carboxylic acids is 1. The van der Waals surface area contributed by atoms with Gasteiger partial charge < -0.3 is 5.32 Å². The molecule has 0 bridgehead atoms. The number of sulfone groups is 1. The Balaban J connectivity index is 1.67. The van der Waals surface area contributed by atoms with Crippen molar-refractivity contribution in [1.82, 2.24) is 0 Å². The Bertz CT molecular complexity index is 1160. The van der Waals surface area contributed by atoms with E-state index in [1.54, 1.807) is 19.1 Å². The Labute approximate surface area is 183 Å². The van der Waals surface area contributed by atoms with Gasteiger partial charge in [0, 0.05) is 11.3 Å². The molecule has 1 unspecified atom stereocenters. The van der Waals surface area contributed by atoms with Crippen LogP contribution in [0.4, 0.5) is 10.1 Å². The van der Waals surface area contributed by atoms with Crippen molar-refractivity contribution in [2.45, 2.75) is 31.6 Å².